The highest BCUT2D eigenvalue weighted by atomic mass is 35.5. The van der Waals surface area contributed by atoms with Crippen LogP contribution in [0.2, 0.25) is 5.02 Å². The maximum Gasteiger partial charge on any atom is 0.257 e. The molecule has 1 atom stereocenters. The Kier molecular flexibility index (Phi) is 4.93. The Labute approximate surface area is 133 Å². The molecule has 1 aromatic rings. The molecule has 1 aliphatic heterocycles. The molecule has 1 aliphatic rings. The van der Waals surface area contributed by atoms with Crippen LogP contribution >= 0.6 is 11.6 Å². The van der Waals surface area contributed by atoms with Gasteiger partial charge in [0.05, 0.1) is 18.7 Å². The van der Waals surface area contributed by atoms with E-state index in [4.69, 9.17) is 22.1 Å². The molecule has 0 saturated carbocycles. The quantitative estimate of drug-likeness (QED) is 0.869. The number of β-amino-alcohol motifs (C(OH)–C–C–N with tert-alkyl or cyclic N) is 1. The molecule has 1 heterocycles. The number of carbonyl (C=O) groups is 2. The first-order valence-corrected chi connectivity index (χ1v) is 7.49. The third-order valence-electron chi connectivity index (χ3n) is 3.69. The number of halogens is 1. The first kappa shape index (κ1) is 16.6. The Balaban J connectivity index is 2.26. The van der Waals surface area contributed by atoms with E-state index in [0.29, 0.717) is 35.9 Å². The third kappa shape index (κ3) is 3.34. The summed E-state index contributed by atoms with van der Waals surface area (Å²) in [5.74, 6) is -0.751. The van der Waals surface area contributed by atoms with E-state index in [-0.39, 0.29) is 18.9 Å². The summed E-state index contributed by atoms with van der Waals surface area (Å²) in [6.45, 7) is 2.53. The number of rotatable bonds is 4. The highest BCUT2D eigenvalue weighted by Gasteiger charge is 2.40. The molecule has 1 saturated heterocycles. The van der Waals surface area contributed by atoms with E-state index < -0.39 is 11.5 Å². The zero-order valence-electron chi connectivity index (χ0n) is 12.3. The van der Waals surface area contributed by atoms with E-state index in [2.05, 4.69) is 0 Å². The number of carbonyl (C=O) groups excluding carboxylic acids is 2. The second-order valence-corrected chi connectivity index (χ2v) is 5.74. The third-order valence-corrected chi connectivity index (χ3v) is 3.93. The van der Waals surface area contributed by atoms with Crippen molar-refractivity contribution in [1.29, 1.82) is 0 Å². The predicted molar refractivity (Wildman–Crippen MR) is 81.9 cm³/mol. The van der Waals surface area contributed by atoms with Gasteiger partial charge < -0.3 is 20.5 Å². The zero-order chi connectivity index (χ0) is 16.3. The Morgan fingerprint density at radius 3 is 2.86 bits per heavy atom. The van der Waals surface area contributed by atoms with Crippen LogP contribution in [-0.2, 0) is 4.79 Å². The monoisotopic (exact) mass is 326 g/mol. The van der Waals surface area contributed by atoms with Crippen molar-refractivity contribution in [2.45, 2.75) is 25.4 Å². The smallest absolute Gasteiger partial charge is 0.257 e. The standard InChI is InChI=1S/C15H19ClN2O4/c1-2-22-12-8-10(16)4-5-11(12)13(19)18-7-3-6-15(21,9-18)14(17)20/h4-5,8,21H,2-3,6-7,9H2,1H3,(H2,17,20). The highest BCUT2D eigenvalue weighted by Crippen LogP contribution is 2.28. The van der Waals surface area contributed by atoms with Crippen molar-refractivity contribution in [1.82, 2.24) is 4.90 Å². The number of benzene rings is 1. The highest BCUT2D eigenvalue weighted by molar-refractivity contribution is 6.30. The molecule has 7 heteroatoms. The second kappa shape index (κ2) is 6.54. The molecule has 0 aliphatic carbocycles. The fourth-order valence-electron chi connectivity index (χ4n) is 2.53. The summed E-state index contributed by atoms with van der Waals surface area (Å²) in [7, 11) is 0. The van der Waals surface area contributed by atoms with Crippen molar-refractivity contribution >= 4 is 23.4 Å². The summed E-state index contributed by atoms with van der Waals surface area (Å²) in [5.41, 5.74) is 3.90. The molecule has 120 valence electrons. The van der Waals surface area contributed by atoms with Crippen LogP contribution in [0.5, 0.6) is 5.75 Å². The topological polar surface area (TPSA) is 92.9 Å². The van der Waals surface area contributed by atoms with Crippen molar-refractivity contribution in [2.75, 3.05) is 19.7 Å². The van der Waals surface area contributed by atoms with Crippen LogP contribution < -0.4 is 10.5 Å². The van der Waals surface area contributed by atoms with Crippen LogP contribution in [-0.4, -0.2) is 47.1 Å². The van der Waals surface area contributed by atoms with Gasteiger partial charge in [0.25, 0.3) is 11.8 Å². The number of amides is 2. The molecule has 0 bridgehead atoms. The van der Waals surface area contributed by atoms with E-state index in [0.717, 1.165) is 0 Å². The van der Waals surface area contributed by atoms with Gasteiger partial charge >= 0.3 is 0 Å². The number of likely N-dealkylation sites (tertiary alicyclic amines) is 1. The normalized spacial score (nSPS) is 21.5. The summed E-state index contributed by atoms with van der Waals surface area (Å²) in [5, 5.41) is 10.7. The average Bonchev–Trinajstić information content (AvgIpc) is 2.47. The van der Waals surface area contributed by atoms with Gasteiger partial charge in [-0.05, 0) is 38.0 Å². The van der Waals surface area contributed by atoms with Gasteiger partial charge in [0.2, 0.25) is 0 Å². The lowest BCUT2D eigenvalue weighted by atomic mass is 9.91. The predicted octanol–water partition coefficient (Wildman–Crippen LogP) is 1.19. The molecule has 2 amide bonds. The second-order valence-electron chi connectivity index (χ2n) is 5.30. The molecule has 3 N–H and O–H groups in total. The van der Waals surface area contributed by atoms with Gasteiger partial charge in [-0.3, -0.25) is 9.59 Å². The maximum atomic E-state index is 12.7. The minimum atomic E-state index is -1.67. The maximum absolute atomic E-state index is 12.7. The van der Waals surface area contributed by atoms with E-state index in [1.54, 1.807) is 18.2 Å². The lowest BCUT2D eigenvalue weighted by molar-refractivity contribution is -0.140. The summed E-state index contributed by atoms with van der Waals surface area (Å²) in [4.78, 5) is 25.5. The van der Waals surface area contributed by atoms with Gasteiger partial charge in [-0.1, -0.05) is 11.6 Å². The van der Waals surface area contributed by atoms with Crippen LogP contribution in [0.3, 0.4) is 0 Å². The molecule has 2 rings (SSSR count). The summed E-state index contributed by atoms with van der Waals surface area (Å²) >= 11 is 5.92. The van der Waals surface area contributed by atoms with E-state index in [9.17, 15) is 14.7 Å². The molecule has 0 aromatic heterocycles. The molecule has 1 fully saturated rings. The molecular formula is C15H19ClN2O4. The van der Waals surface area contributed by atoms with Gasteiger partial charge in [-0.15, -0.1) is 0 Å². The van der Waals surface area contributed by atoms with Crippen LogP contribution in [0.4, 0.5) is 0 Å². The van der Waals surface area contributed by atoms with E-state index in [1.165, 1.54) is 4.90 Å². The number of nitrogens with two attached hydrogens (primary N) is 1. The van der Waals surface area contributed by atoms with Gasteiger partial charge in [0, 0.05) is 11.6 Å². The molecule has 0 radical (unpaired) electrons. The molecule has 1 aromatic carbocycles. The van der Waals surface area contributed by atoms with Crippen LogP contribution in [0.25, 0.3) is 0 Å². The van der Waals surface area contributed by atoms with Crippen molar-refractivity contribution < 1.29 is 19.4 Å². The number of primary amides is 1. The number of hydrogen-bond acceptors (Lipinski definition) is 4. The zero-order valence-corrected chi connectivity index (χ0v) is 13.1. The van der Waals surface area contributed by atoms with Gasteiger partial charge in [0.15, 0.2) is 5.60 Å². The van der Waals surface area contributed by atoms with Gasteiger partial charge in [-0.25, -0.2) is 0 Å². The lowest BCUT2D eigenvalue weighted by Gasteiger charge is -2.37. The first-order valence-electron chi connectivity index (χ1n) is 7.11. The Morgan fingerprint density at radius 1 is 1.50 bits per heavy atom. The van der Waals surface area contributed by atoms with E-state index >= 15 is 0 Å². The fourth-order valence-corrected chi connectivity index (χ4v) is 2.69. The van der Waals surface area contributed by atoms with Crippen molar-refractivity contribution in [3.05, 3.63) is 28.8 Å². The molecule has 6 nitrogen and oxygen atoms in total. The van der Waals surface area contributed by atoms with E-state index in [1.807, 2.05) is 6.92 Å². The number of piperidine rings is 1. The Hall–Kier alpha value is -1.79. The SMILES string of the molecule is CCOc1cc(Cl)ccc1C(=O)N1CCCC(O)(C(N)=O)C1. The van der Waals surface area contributed by atoms with Crippen LogP contribution in [0, 0.1) is 0 Å². The first-order chi connectivity index (χ1) is 10.4. The van der Waals surface area contributed by atoms with Crippen molar-refractivity contribution in [3.8, 4) is 5.75 Å². The molecule has 1 unspecified atom stereocenters. The van der Waals surface area contributed by atoms with Crippen molar-refractivity contribution in [2.24, 2.45) is 5.73 Å². The largest absolute Gasteiger partial charge is 0.493 e. The molecule has 0 spiro atoms. The summed E-state index contributed by atoms with van der Waals surface area (Å²) in [6.07, 6.45) is 0.758. The van der Waals surface area contributed by atoms with Gasteiger partial charge in [0.1, 0.15) is 5.75 Å². The number of nitrogens with zero attached hydrogens (tertiary/aromatic N) is 1. The Morgan fingerprint density at radius 2 is 2.23 bits per heavy atom. The molecule has 22 heavy (non-hydrogen) atoms. The molecular weight excluding hydrogens is 308 g/mol. The minimum Gasteiger partial charge on any atom is -0.493 e. The van der Waals surface area contributed by atoms with Gasteiger partial charge in [-0.2, -0.15) is 0 Å². The van der Waals surface area contributed by atoms with Crippen LogP contribution in [0.1, 0.15) is 30.1 Å². The number of aliphatic hydroxyl groups is 1. The summed E-state index contributed by atoms with van der Waals surface area (Å²) in [6, 6.07) is 4.75. The summed E-state index contributed by atoms with van der Waals surface area (Å²) < 4.78 is 5.44. The van der Waals surface area contributed by atoms with Crippen molar-refractivity contribution in [3.63, 3.8) is 0 Å². The number of ether oxygens (including phenoxy) is 1. The Bertz CT molecular complexity index is 593. The van der Waals surface area contributed by atoms with Crippen LogP contribution in [0.15, 0.2) is 18.2 Å². The average molecular weight is 327 g/mol. The number of hydrogen-bond donors (Lipinski definition) is 2. The minimum absolute atomic E-state index is 0.116. The lowest BCUT2D eigenvalue weighted by Crippen LogP contribution is -2.57. The fraction of sp³-hybridized carbons (Fsp3) is 0.467.